The lowest BCUT2D eigenvalue weighted by Gasteiger charge is -2.36. The molecule has 130 valence electrons. The molecule has 0 saturated heterocycles. The van der Waals surface area contributed by atoms with Crippen molar-refractivity contribution in [3.63, 3.8) is 0 Å². The second kappa shape index (κ2) is 8.31. The van der Waals surface area contributed by atoms with Crippen LogP contribution < -0.4 is 0 Å². The molecule has 1 unspecified atom stereocenters. The Hall–Kier alpha value is -3.12. The first-order valence-corrected chi connectivity index (χ1v) is 8.68. The van der Waals surface area contributed by atoms with E-state index in [4.69, 9.17) is 0 Å². The first kappa shape index (κ1) is 19.2. The zero-order valence-electron chi connectivity index (χ0n) is 15.5. The molecule has 0 heterocycles. The van der Waals surface area contributed by atoms with Crippen molar-refractivity contribution < 1.29 is 0 Å². The van der Waals surface area contributed by atoms with Gasteiger partial charge in [0.1, 0.15) is 0 Å². The fourth-order valence-corrected chi connectivity index (χ4v) is 3.89. The Morgan fingerprint density at radius 3 is 2.19 bits per heavy atom. The highest BCUT2D eigenvalue weighted by atomic mass is 14.5. The fourth-order valence-electron chi connectivity index (χ4n) is 3.89. The molecule has 0 bridgehead atoms. The van der Waals surface area contributed by atoms with Crippen LogP contribution in [0.4, 0.5) is 0 Å². The minimum absolute atomic E-state index is 0.508. The Labute approximate surface area is 158 Å². The average Bonchev–Trinajstić information content (AvgIpc) is 2.97. The van der Waals surface area contributed by atoms with E-state index in [9.17, 15) is 0 Å². The van der Waals surface area contributed by atoms with E-state index in [-0.39, 0.29) is 0 Å². The van der Waals surface area contributed by atoms with Crippen LogP contribution in [0.1, 0.15) is 18.1 Å². The molecule has 0 nitrogen and oxygen atoms in total. The van der Waals surface area contributed by atoms with Crippen molar-refractivity contribution in [2.75, 3.05) is 0 Å². The summed E-state index contributed by atoms with van der Waals surface area (Å²) in [5.41, 5.74) is 6.23. The van der Waals surface area contributed by atoms with Crippen LogP contribution in [0, 0.1) is 0 Å². The molecule has 0 amide bonds. The zero-order valence-corrected chi connectivity index (χ0v) is 15.5. The van der Waals surface area contributed by atoms with Crippen LogP contribution in [-0.2, 0) is 5.41 Å². The number of benzene rings is 1. The van der Waals surface area contributed by atoms with E-state index < -0.39 is 5.41 Å². The molecule has 0 spiro atoms. The second-order valence-corrected chi connectivity index (χ2v) is 5.93. The molecule has 1 aliphatic carbocycles. The van der Waals surface area contributed by atoms with Gasteiger partial charge in [0.25, 0.3) is 0 Å². The molecule has 0 fully saturated rings. The van der Waals surface area contributed by atoms with Crippen LogP contribution in [0.2, 0.25) is 0 Å². The molecule has 1 aromatic rings. The number of fused-ring (bicyclic) bond motifs is 1. The Balaban J connectivity index is 3.09. The highest BCUT2D eigenvalue weighted by molar-refractivity contribution is 5.92. The van der Waals surface area contributed by atoms with Crippen LogP contribution in [0.3, 0.4) is 0 Å². The normalized spacial score (nSPS) is 20.0. The maximum Gasteiger partial charge on any atom is 0.0709 e. The summed E-state index contributed by atoms with van der Waals surface area (Å²) in [5, 5.41) is 0. The Bertz CT molecular complexity index is 880. The Kier molecular flexibility index (Phi) is 6.14. The van der Waals surface area contributed by atoms with E-state index in [1.54, 1.807) is 12.2 Å². The lowest BCUT2D eigenvalue weighted by atomic mass is 9.65. The van der Waals surface area contributed by atoms with Crippen molar-refractivity contribution in [1.82, 2.24) is 0 Å². The van der Waals surface area contributed by atoms with Gasteiger partial charge in [0.05, 0.1) is 5.41 Å². The van der Waals surface area contributed by atoms with Gasteiger partial charge in [-0.1, -0.05) is 112 Å². The Morgan fingerprint density at radius 2 is 1.65 bits per heavy atom. The van der Waals surface area contributed by atoms with Gasteiger partial charge in [-0.25, -0.2) is 0 Å². The molecule has 26 heavy (non-hydrogen) atoms. The van der Waals surface area contributed by atoms with Gasteiger partial charge in [0.15, 0.2) is 0 Å². The molecular weight excluding hydrogens is 312 g/mol. The van der Waals surface area contributed by atoms with Crippen molar-refractivity contribution in [3.8, 4) is 0 Å². The third-order valence-corrected chi connectivity index (χ3v) is 4.83. The van der Waals surface area contributed by atoms with E-state index in [0.717, 1.165) is 22.3 Å². The molecule has 1 atom stereocenters. The third-order valence-electron chi connectivity index (χ3n) is 4.83. The van der Waals surface area contributed by atoms with E-state index in [1.807, 2.05) is 37.3 Å². The zero-order chi connectivity index (χ0) is 19.2. The second-order valence-electron chi connectivity index (χ2n) is 5.93. The molecule has 0 heteroatoms. The number of hydrogen-bond acceptors (Lipinski definition) is 0. The van der Waals surface area contributed by atoms with E-state index in [0.29, 0.717) is 0 Å². The van der Waals surface area contributed by atoms with Crippen molar-refractivity contribution in [1.29, 1.82) is 0 Å². The summed E-state index contributed by atoms with van der Waals surface area (Å²) < 4.78 is 0. The van der Waals surface area contributed by atoms with Gasteiger partial charge in [-0.2, -0.15) is 0 Å². The maximum atomic E-state index is 4.13. The summed E-state index contributed by atoms with van der Waals surface area (Å²) in [5.74, 6) is 0. The van der Waals surface area contributed by atoms with E-state index in [1.165, 1.54) is 11.1 Å². The van der Waals surface area contributed by atoms with Crippen molar-refractivity contribution in [3.05, 3.63) is 140 Å². The summed E-state index contributed by atoms with van der Waals surface area (Å²) in [4.78, 5) is 0. The highest BCUT2D eigenvalue weighted by Gasteiger charge is 2.46. The summed E-state index contributed by atoms with van der Waals surface area (Å²) in [7, 11) is 0. The fraction of sp³-hybridized carbons (Fsp3) is 0.0769. The lowest BCUT2D eigenvalue weighted by Crippen LogP contribution is -2.30. The van der Waals surface area contributed by atoms with Gasteiger partial charge in [-0.15, -0.1) is 0 Å². The summed E-state index contributed by atoms with van der Waals surface area (Å²) in [6.07, 6.45) is 17.5. The van der Waals surface area contributed by atoms with Gasteiger partial charge < -0.3 is 0 Å². The molecule has 0 radical (unpaired) electrons. The molecule has 2 rings (SSSR count). The Morgan fingerprint density at radius 1 is 0.923 bits per heavy atom. The SMILES string of the molecule is C=C/C=C\C(=C/C)C1(/C(C=C)=C/C=C)C(C=C)=C(C=C)c2ccccc21. The van der Waals surface area contributed by atoms with Gasteiger partial charge >= 0.3 is 0 Å². The predicted octanol–water partition coefficient (Wildman–Crippen LogP) is 7.05. The van der Waals surface area contributed by atoms with Crippen LogP contribution in [0.15, 0.2) is 129 Å². The predicted molar refractivity (Wildman–Crippen MR) is 117 cm³/mol. The third kappa shape index (κ3) is 2.74. The quantitative estimate of drug-likeness (QED) is 0.445. The molecule has 1 aromatic carbocycles. The molecule has 0 aromatic heterocycles. The number of allylic oxidation sites excluding steroid dienone is 13. The average molecular weight is 338 g/mol. The van der Waals surface area contributed by atoms with Crippen LogP contribution in [-0.4, -0.2) is 0 Å². The molecule has 1 aliphatic rings. The monoisotopic (exact) mass is 338 g/mol. The van der Waals surface area contributed by atoms with Gasteiger partial charge in [0.2, 0.25) is 0 Å². The number of rotatable bonds is 8. The first-order chi connectivity index (χ1) is 12.7. The summed E-state index contributed by atoms with van der Waals surface area (Å²) in [6.45, 7) is 22.0. The van der Waals surface area contributed by atoms with Crippen molar-refractivity contribution in [2.45, 2.75) is 12.3 Å². The van der Waals surface area contributed by atoms with Crippen molar-refractivity contribution in [2.24, 2.45) is 0 Å². The lowest BCUT2D eigenvalue weighted by molar-refractivity contribution is 0.757. The van der Waals surface area contributed by atoms with Crippen LogP contribution in [0.5, 0.6) is 0 Å². The maximum absolute atomic E-state index is 4.13. The van der Waals surface area contributed by atoms with Gasteiger partial charge in [0, 0.05) is 0 Å². The molecule has 0 N–H and O–H groups in total. The molecule has 0 saturated carbocycles. The molecular formula is C26H26. The minimum atomic E-state index is -0.508. The first-order valence-electron chi connectivity index (χ1n) is 8.68. The molecule has 0 aliphatic heterocycles. The van der Waals surface area contributed by atoms with E-state index in [2.05, 4.69) is 69.3 Å². The van der Waals surface area contributed by atoms with Crippen LogP contribution >= 0.6 is 0 Å². The number of hydrogen-bond donors (Lipinski definition) is 0. The minimum Gasteiger partial charge on any atom is -0.0991 e. The topological polar surface area (TPSA) is 0 Å². The summed E-state index contributed by atoms with van der Waals surface area (Å²) >= 11 is 0. The standard InChI is InChI=1S/C26H26/c1-7-13-17-21(10-4)26(20(9-3)16-8-2)24(12-6)22(11-5)23-18-14-15-19-25(23)26/h7-19H,1-3,5-6H2,4H3/b17-13-,20-16+,21-10+. The summed E-state index contributed by atoms with van der Waals surface area (Å²) in [6, 6.07) is 8.43. The highest BCUT2D eigenvalue weighted by Crippen LogP contribution is 2.56. The largest absolute Gasteiger partial charge is 0.0991 e. The van der Waals surface area contributed by atoms with Crippen LogP contribution in [0.25, 0.3) is 5.57 Å². The van der Waals surface area contributed by atoms with Gasteiger partial charge in [-0.3, -0.25) is 0 Å². The smallest absolute Gasteiger partial charge is 0.0709 e. The van der Waals surface area contributed by atoms with Crippen molar-refractivity contribution >= 4 is 5.57 Å². The van der Waals surface area contributed by atoms with Gasteiger partial charge in [-0.05, 0) is 40.3 Å². The van der Waals surface area contributed by atoms with E-state index >= 15 is 0 Å².